The zero-order valence-electron chi connectivity index (χ0n) is 12.2. The number of piperazine rings is 1. The maximum atomic E-state index is 8.98. The van der Waals surface area contributed by atoms with Crippen molar-refractivity contribution in [2.75, 3.05) is 72.7 Å². The third-order valence-electron chi connectivity index (χ3n) is 4.40. The topological polar surface area (TPSA) is 48.0 Å². The molecule has 2 saturated heterocycles. The van der Waals surface area contributed by atoms with Gasteiger partial charge in [0.25, 0.3) is 0 Å². The molecule has 0 bridgehead atoms. The fourth-order valence-electron chi connectivity index (χ4n) is 3.39. The first-order chi connectivity index (χ1) is 9.28. The van der Waals surface area contributed by atoms with Crippen molar-refractivity contribution in [3.05, 3.63) is 0 Å². The molecule has 2 heterocycles. The molecule has 5 heteroatoms. The maximum absolute atomic E-state index is 8.98. The highest BCUT2D eigenvalue weighted by Crippen LogP contribution is 2.29. The van der Waals surface area contributed by atoms with E-state index in [4.69, 9.17) is 9.84 Å². The first-order valence-corrected chi connectivity index (χ1v) is 7.56. The van der Waals surface area contributed by atoms with Crippen LogP contribution >= 0.6 is 0 Å². The van der Waals surface area contributed by atoms with Gasteiger partial charge in [0.1, 0.15) is 0 Å². The first kappa shape index (κ1) is 15.2. The van der Waals surface area contributed by atoms with Gasteiger partial charge in [-0.1, -0.05) is 0 Å². The van der Waals surface area contributed by atoms with Gasteiger partial charge >= 0.3 is 0 Å². The Hall–Kier alpha value is -0.200. The van der Waals surface area contributed by atoms with Crippen LogP contribution in [0, 0.1) is 5.41 Å². The molecule has 0 aliphatic carbocycles. The van der Waals surface area contributed by atoms with E-state index >= 15 is 0 Å². The summed E-state index contributed by atoms with van der Waals surface area (Å²) in [5.41, 5.74) is 0.298. The van der Waals surface area contributed by atoms with Gasteiger partial charge in [0.05, 0.1) is 13.2 Å². The molecule has 0 aromatic heterocycles. The van der Waals surface area contributed by atoms with E-state index in [1.807, 2.05) is 7.05 Å². The number of ether oxygens (including phenoxy) is 1. The highest BCUT2D eigenvalue weighted by atomic mass is 16.5. The number of nitrogens with one attached hydrogen (secondary N) is 1. The molecule has 0 aromatic rings. The molecule has 2 rings (SSSR count). The minimum atomic E-state index is 0.275. The van der Waals surface area contributed by atoms with Crippen LogP contribution in [-0.2, 0) is 4.74 Å². The lowest BCUT2D eigenvalue weighted by atomic mass is 9.81. The average Bonchev–Trinajstić information content (AvgIpc) is 2.43. The summed E-state index contributed by atoms with van der Waals surface area (Å²) in [6.45, 7) is 9.49. The molecule has 0 spiro atoms. The van der Waals surface area contributed by atoms with Crippen LogP contribution in [0.15, 0.2) is 0 Å². The summed E-state index contributed by atoms with van der Waals surface area (Å²) in [7, 11) is 2.04. The highest BCUT2D eigenvalue weighted by molar-refractivity contribution is 4.88. The van der Waals surface area contributed by atoms with Crippen LogP contribution in [0.4, 0.5) is 0 Å². The minimum absolute atomic E-state index is 0.275. The Morgan fingerprint density at radius 2 is 1.95 bits per heavy atom. The number of nitrogens with zero attached hydrogens (tertiary/aromatic N) is 2. The van der Waals surface area contributed by atoms with E-state index in [9.17, 15) is 0 Å². The molecule has 19 heavy (non-hydrogen) atoms. The lowest BCUT2D eigenvalue weighted by Gasteiger charge is -2.43. The van der Waals surface area contributed by atoms with Crippen LogP contribution in [0.2, 0.25) is 0 Å². The Morgan fingerprint density at radius 3 is 2.53 bits per heavy atom. The second-order valence-electron chi connectivity index (χ2n) is 6.03. The summed E-state index contributed by atoms with van der Waals surface area (Å²) in [5, 5.41) is 12.3. The number of aliphatic hydroxyl groups is 1. The van der Waals surface area contributed by atoms with Crippen LogP contribution in [-0.4, -0.2) is 87.6 Å². The molecule has 2 aliphatic rings. The van der Waals surface area contributed by atoms with Crippen molar-refractivity contribution in [2.45, 2.75) is 12.8 Å². The summed E-state index contributed by atoms with van der Waals surface area (Å²) < 4.78 is 5.73. The minimum Gasteiger partial charge on any atom is -0.395 e. The second kappa shape index (κ2) is 7.55. The van der Waals surface area contributed by atoms with E-state index in [2.05, 4.69) is 15.1 Å². The third kappa shape index (κ3) is 4.39. The van der Waals surface area contributed by atoms with Gasteiger partial charge < -0.3 is 20.1 Å². The largest absolute Gasteiger partial charge is 0.395 e. The standard InChI is InChI=1S/C14H29N3O2/c1-15-11-14(3-2-10-19-13-14)12-17-6-4-16(5-7-17)8-9-18/h15,18H,2-13H2,1H3. The maximum Gasteiger partial charge on any atom is 0.0558 e. The smallest absolute Gasteiger partial charge is 0.0558 e. The van der Waals surface area contributed by atoms with Crippen LogP contribution in [0.3, 0.4) is 0 Å². The molecule has 5 nitrogen and oxygen atoms in total. The van der Waals surface area contributed by atoms with Crippen LogP contribution < -0.4 is 5.32 Å². The molecule has 2 fully saturated rings. The van der Waals surface area contributed by atoms with Gasteiger partial charge in [-0.3, -0.25) is 4.90 Å². The Balaban J connectivity index is 1.81. The number of hydrogen-bond acceptors (Lipinski definition) is 5. The van der Waals surface area contributed by atoms with Gasteiger partial charge in [0.2, 0.25) is 0 Å². The molecule has 112 valence electrons. The molecular formula is C14H29N3O2. The van der Waals surface area contributed by atoms with Gasteiger partial charge in [-0.15, -0.1) is 0 Å². The monoisotopic (exact) mass is 271 g/mol. The van der Waals surface area contributed by atoms with E-state index in [0.717, 1.165) is 59.0 Å². The van der Waals surface area contributed by atoms with Crippen LogP contribution in [0.1, 0.15) is 12.8 Å². The van der Waals surface area contributed by atoms with Crippen LogP contribution in [0.5, 0.6) is 0 Å². The summed E-state index contributed by atoms with van der Waals surface area (Å²) in [5.74, 6) is 0. The molecule has 1 atom stereocenters. The highest BCUT2D eigenvalue weighted by Gasteiger charge is 2.34. The van der Waals surface area contributed by atoms with Crippen molar-refractivity contribution in [3.8, 4) is 0 Å². The number of rotatable bonds is 6. The third-order valence-corrected chi connectivity index (χ3v) is 4.40. The Morgan fingerprint density at radius 1 is 1.21 bits per heavy atom. The van der Waals surface area contributed by atoms with E-state index < -0.39 is 0 Å². The van der Waals surface area contributed by atoms with Crippen LogP contribution in [0.25, 0.3) is 0 Å². The van der Waals surface area contributed by atoms with E-state index in [0.29, 0.717) is 5.41 Å². The fourth-order valence-corrected chi connectivity index (χ4v) is 3.39. The lowest BCUT2D eigenvalue weighted by molar-refractivity contribution is -0.0325. The summed E-state index contributed by atoms with van der Waals surface area (Å²) >= 11 is 0. The molecule has 0 radical (unpaired) electrons. The molecule has 0 amide bonds. The molecule has 1 unspecified atom stereocenters. The van der Waals surface area contributed by atoms with Crippen molar-refractivity contribution in [3.63, 3.8) is 0 Å². The Labute approximate surface area is 116 Å². The van der Waals surface area contributed by atoms with Crippen molar-refractivity contribution >= 4 is 0 Å². The van der Waals surface area contributed by atoms with Crippen molar-refractivity contribution < 1.29 is 9.84 Å². The molecule has 0 aromatic carbocycles. The second-order valence-corrected chi connectivity index (χ2v) is 6.03. The van der Waals surface area contributed by atoms with Gasteiger partial charge in [0.15, 0.2) is 0 Å². The summed E-state index contributed by atoms with van der Waals surface area (Å²) in [4.78, 5) is 4.92. The summed E-state index contributed by atoms with van der Waals surface area (Å²) in [6.07, 6.45) is 2.46. The predicted molar refractivity (Wildman–Crippen MR) is 76.4 cm³/mol. The number of β-amino-alcohol motifs (C(OH)–C–C–N with tert-alkyl or cyclic N) is 1. The zero-order chi connectivity index (χ0) is 13.6. The Kier molecular flexibility index (Phi) is 6.04. The van der Waals surface area contributed by atoms with Crippen molar-refractivity contribution in [1.29, 1.82) is 0 Å². The van der Waals surface area contributed by atoms with Crippen molar-refractivity contribution in [2.24, 2.45) is 5.41 Å². The van der Waals surface area contributed by atoms with Crippen molar-refractivity contribution in [1.82, 2.24) is 15.1 Å². The SMILES string of the molecule is CNCC1(CN2CCN(CCO)CC2)CCCOC1. The molecule has 2 aliphatic heterocycles. The van der Waals surface area contributed by atoms with Gasteiger partial charge in [-0.25, -0.2) is 0 Å². The Bertz CT molecular complexity index is 244. The van der Waals surface area contributed by atoms with Gasteiger partial charge in [-0.2, -0.15) is 0 Å². The van der Waals surface area contributed by atoms with E-state index in [1.165, 1.54) is 12.8 Å². The summed E-state index contributed by atoms with van der Waals surface area (Å²) in [6, 6.07) is 0. The average molecular weight is 271 g/mol. The molecule has 2 N–H and O–H groups in total. The van der Waals surface area contributed by atoms with E-state index in [-0.39, 0.29) is 6.61 Å². The zero-order valence-corrected chi connectivity index (χ0v) is 12.2. The molecule has 0 saturated carbocycles. The number of aliphatic hydroxyl groups excluding tert-OH is 1. The first-order valence-electron chi connectivity index (χ1n) is 7.56. The normalized spacial score (nSPS) is 30.6. The lowest BCUT2D eigenvalue weighted by Crippen LogP contribution is -2.54. The van der Waals surface area contributed by atoms with Gasteiger partial charge in [0, 0.05) is 57.8 Å². The van der Waals surface area contributed by atoms with Gasteiger partial charge in [-0.05, 0) is 19.9 Å². The predicted octanol–water partition coefficient (Wildman–Crippen LogP) is -0.387. The fraction of sp³-hybridized carbons (Fsp3) is 1.00. The quantitative estimate of drug-likeness (QED) is 0.689. The number of hydrogen-bond donors (Lipinski definition) is 2. The molecular weight excluding hydrogens is 242 g/mol. The van der Waals surface area contributed by atoms with E-state index in [1.54, 1.807) is 0 Å².